The van der Waals surface area contributed by atoms with E-state index in [1.807, 2.05) is 6.07 Å². The third-order valence-electron chi connectivity index (χ3n) is 2.93. The molecule has 1 aromatic carbocycles. The Morgan fingerprint density at radius 3 is 2.70 bits per heavy atom. The maximum absolute atomic E-state index is 12.0. The van der Waals surface area contributed by atoms with Crippen LogP contribution in [0.15, 0.2) is 38.5 Å². The molecule has 1 heterocycles. The second kappa shape index (κ2) is 5.54. The van der Waals surface area contributed by atoms with Crippen LogP contribution in [0.5, 0.6) is 5.75 Å². The molecule has 1 aromatic heterocycles. The molecule has 106 valence electrons. The van der Waals surface area contributed by atoms with Crippen LogP contribution in [0.1, 0.15) is 5.56 Å². The van der Waals surface area contributed by atoms with Gasteiger partial charge in [0.1, 0.15) is 11.4 Å². The summed E-state index contributed by atoms with van der Waals surface area (Å²) in [7, 11) is 3.08. The van der Waals surface area contributed by atoms with Crippen molar-refractivity contribution < 1.29 is 4.74 Å². The minimum absolute atomic E-state index is 0.0288. The summed E-state index contributed by atoms with van der Waals surface area (Å²) in [5, 5.41) is 0. The van der Waals surface area contributed by atoms with Crippen LogP contribution in [0.2, 0.25) is 0 Å². The van der Waals surface area contributed by atoms with Gasteiger partial charge in [0.2, 0.25) is 0 Å². The Hall–Kier alpha value is -2.02. The average Bonchev–Trinajstić information content (AvgIpc) is 2.41. The molecule has 0 bridgehead atoms. The number of nitrogen functional groups attached to an aromatic ring is 1. The van der Waals surface area contributed by atoms with Crippen molar-refractivity contribution in [1.29, 1.82) is 0 Å². The van der Waals surface area contributed by atoms with E-state index in [0.29, 0.717) is 11.3 Å². The van der Waals surface area contributed by atoms with E-state index in [1.165, 1.54) is 17.9 Å². The van der Waals surface area contributed by atoms with E-state index in [9.17, 15) is 9.59 Å². The number of nitrogens with zero attached hydrogens (tertiary/aromatic N) is 2. The van der Waals surface area contributed by atoms with Gasteiger partial charge in [-0.2, -0.15) is 0 Å². The Labute approximate surface area is 123 Å². The highest BCUT2D eigenvalue weighted by atomic mass is 79.9. The largest absolute Gasteiger partial charge is 0.496 e. The Kier molecular flexibility index (Phi) is 3.99. The van der Waals surface area contributed by atoms with E-state index in [4.69, 9.17) is 10.5 Å². The average molecular weight is 340 g/mol. The fourth-order valence-corrected chi connectivity index (χ4v) is 2.34. The maximum Gasteiger partial charge on any atom is 0.331 e. The zero-order chi connectivity index (χ0) is 14.9. The van der Waals surface area contributed by atoms with E-state index in [-0.39, 0.29) is 12.2 Å². The molecule has 0 unspecified atom stereocenters. The van der Waals surface area contributed by atoms with Crippen LogP contribution in [0, 0.1) is 0 Å². The van der Waals surface area contributed by atoms with Gasteiger partial charge in [-0.25, -0.2) is 4.79 Å². The topological polar surface area (TPSA) is 79.2 Å². The van der Waals surface area contributed by atoms with Crippen LogP contribution < -0.4 is 21.7 Å². The first-order valence-electron chi connectivity index (χ1n) is 5.82. The third-order valence-corrected chi connectivity index (χ3v) is 3.42. The molecule has 6 nitrogen and oxygen atoms in total. The van der Waals surface area contributed by atoms with Crippen molar-refractivity contribution in [3.63, 3.8) is 0 Å². The quantitative estimate of drug-likeness (QED) is 0.902. The number of methoxy groups -OCH3 is 1. The second-order valence-electron chi connectivity index (χ2n) is 4.33. The molecule has 0 saturated carbocycles. The number of aryl methyl sites for hydroxylation is 1. The van der Waals surface area contributed by atoms with Crippen LogP contribution in [0.25, 0.3) is 0 Å². The number of aromatic nitrogens is 2. The van der Waals surface area contributed by atoms with Crippen LogP contribution in [-0.4, -0.2) is 16.2 Å². The summed E-state index contributed by atoms with van der Waals surface area (Å²) >= 11 is 3.35. The van der Waals surface area contributed by atoms with Gasteiger partial charge in [0.05, 0.1) is 13.7 Å². The number of nitrogens with two attached hydrogens (primary N) is 1. The van der Waals surface area contributed by atoms with Gasteiger partial charge in [-0.1, -0.05) is 15.9 Å². The molecular formula is C13H14BrN3O3. The molecule has 0 amide bonds. The zero-order valence-corrected chi connectivity index (χ0v) is 12.7. The summed E-state index contributed by atoms with van der Waals surface area (Å²) in [4.78, 5) is 24.1. The predicted molar refractivity (Wildman–Crippen MR) is 80.2 cm³/mol. The van der Waals surface area contributed by atoms with Crippen molar-refractivity contribution >= 4 is 21.6 Å². The van der Waals surface area contributed by atoms with E-state index in [2.05, 4.69) is 15.9 Å². The molecule has 0 atom stereocenters. The third kappa shape index (κ3) is 2.62. The van der Waals surface area contributed by atoms with Crippen molar-refractivity contribution in [1.82, 2.24) is 9.13 Å². The molecule has 0 aliphatic heterocycles. The molecule has 2 rings (SSSR count). The van der Waals surface area contributed by atoms with E-state index in [1.54, 1.807) is 19.2 Å². The van der Waals surface area contributed by atoms with E-state index >= 15 is 0 Å². The lowest BCUT2D eigenvalue weighted by molar-refractivity contribution is 0.407. The molecule has 0 radical (unpaired) electrons. The van der Waals surface area contributed by atoms with Crippen molar-refractivity contribution in [2.24, 2.45) is 7.05 Å². The Balaban J connectivity index is 2.59. The number of hydrogen-bond donors (Lipinski definition) is 1. The molecule has 2 N–H and O–H groups in total. The van der Waals surface area contributed by atoms with Gasteiger partial charge in [0.25, 0.3) is 5.56 Å². The minimum Gasteiger partial charge on any atom is -0.496 e. The number of hydrogen-bond acceptors (Lipinski definition) is 4. The lowest BCUT2D eigenvalue weighted by Crippen LogP contribution is -2.40. The highest BCUT2D eigenvalue weighted by molar-refractivity contribution is 9.10. The zero-order valence-electron chi connectivity index (χ0n) is 11.1. The van der Waals surface area contributed by atoms with Gasteiger partial charge in [-0.3, -0.25) is 9.36 Å². The highest BCUT2D eigenvalue weighted by Gasteiger charge is 2.11. The van der Waals surface area contributed by atoms with Gasteiger partial charge in [0, 0.05) is 23.3 Å². The first-order valence-corrected chi connectivity index (χ1v) is 6.61. The van der Waals surface area contributed by atoms with Gasteiger partial charge < -0.3 is 15.0 Å². The van der Waals surface area contributed by atoms with Gasteiger partial charge >= 0.3 is 5.69 Å². The van der Waals surface area contributed by atoms with Crippen LogP contribution in [-0.2, 0) is 13.6 Å². The van der Waals surface area contributed by atoms with E-state index < -0.39 is 11.2 Å². The lowest BCUT2D eigenvalue weighted by atomic mass is 10.2. The molecule has 7 heteroatoms. The first-order chi connectivity index (χ1) is 9.43. The standard InChI is InChI=1S/C13H14BrN3O3/c1-16-7-10(15)12(18)17(13(16)19)6-8-5-9(14)3-4-11(8)20-2/h3-5,7H,6,15H2,1-2H3. The Morgan fingerprint density at radius 2 is 2.05 bits per heavy atom. The summed E-state index contributed by atoms with van der Waals surface area (Å²) in [6, 6.07) is 5.39. The minimum atomic E-state index is -0.505. The summed E-state index contributed by atoms with van der Waals surface area (Å²) < 4.78 is 8.43. The fourth-order valence-electron chi connectivity index (χ4n) is 1.93. The smallest absolute Gasteiger partial charge is 0.331 e. The predicted octanol–water partition coefficient (Wildman–Crippen LogP) is 0.949. The van der Waals surface area contributed by atoms with Crippen molar-refractivity contribution in [3.05, 3.63) is 55.3 Å². The number of rotatable bonds is 3. The molecule has 2 aromatic rings. The molecule has 0 fully saturated rings. The SMILES string of the molecule is COc1ccc(Br)cc1Cn1c(=O)c(N)cn(C)c1=O. The Morgan fingerprint density at radius 1 is 1.35 bits per heavy atom. The molecular weight excluding hydrogens is 326 g/mol. The lowest BCUT2D eigenvalue weighted by Gasteiger charge is -2.12. The summed E-state index contributed by atoms with van der Waals surface area (Å²) in [6.45, 7) is 0.0964. The normalized spacial score (nSPS) is 10.6. The van der Waals surface area contributed by atoms with Gasteiger partial charge in [-0.15, -0.1) is 0 Å². The van der Waals surface area contributed by atoms with Crippen LogP contribution >= 0.6 is 15.9 Å². The molecule has 0 saturated heterocycles. The van der Waals surface area contributed by atoms with Gasteiger partial charge in [-0.05, 0) is 18.2 Å². The van der Waals surface area contributed by atoms with Crippen molar-refractivity contribution in [2.75, 3.05) is 12.8 Å². The maximum atomic E-state index is 12.0. The van der Waals surface area contributed by atoms with Crippen molar-refractivity contribution in [3.8, 4) is 5.75 Å². The summed E-state index contributed by atoms with van der Waals surface area (Å²) in [5.74, 6) is 0.601. The molecule has 0 aliphatic carbocycles. The Bertz CT molecular complexity index is 730. The number of benzene rings is 1. The second-order valence-corrected chi connectivity index (χ2v) is 5.24. The molecule has 20 heavy (non-hydrogen) atoms. The first kappa shape index (κ1) is 14.4. The summed E-state index contributed by atoms with van der Waals surface area (Å²) in [6.07, 6.45) is 1.32. The van der Waals surface area contributed by atoms with Crippen LogP contribution in [0.4, 0.5) is 5.69 Å². The fraction of sp³-hybridized carbons (Fsp3) is 0.231. The molecule has 0 aliphatic rings. The number of ether oxygens (including phenoxy) is 1. The molecule has 0 spiro atoms. The number of anilines is 1. The monoisotopic (exact) mass is 339 g/mol. The highest BCUT2D eigenvalue weighted by Crippen LogP contribution is 2.23. The van der Waals surface area contributed by atoms with Crippen molar-refractivity contribution in [2.45, 2.75) is 6.54 Å². The van der Waals surface area contributed by atoms with E-state index in [0.717, 1.165) is 9.04 Å². The van der Waals surface area contributed by atoms with Gasteiger partial charge in [0.15, 0.2) is 0 Å². The summed E-state index contributed by atoms with van der Waals surface area (Å²) in [5.41, 5.74) is 5.42. The number of halogens is 1. The van der Waals surface area contributed by atoms with Crippen LogP contribution in [0.3, 0.4) is 0 Å².